The molecule has 1 amide bonds. The predicted octanol–water partition coefficient (Wildman–Crippen LogP) is 3.35. The molecule has 0 heterocycles. The molecule has 0 saturated heterocycles. The van der Waals surface area contributed by atoms with Gasteiger partial charge in [0, 0.05) is 17.8 Å². The monoisotopic (exact) mass is 310 g/mol. The van der Waals surface area contributed by atoms with Crippen molar-refractivity contribution in [2.24, 2.45) is 0 Å². The summed E-state index contributed by atoms with van der Waals surface area (Å²) >= 11 is 0. The largest absolute Gasteiger partial charge is 0.325 e. The Morgan fingerprint density at radius 1 is 1.04 bits per heavy atom. The average Bonchev–Trinajstić information content (AvgIpc) is 2.55. The highest BCUT2D eigenvalue weighted by Gasteiger charge is 2.18. The average molecular weight is 310 g/mol. The molecule has 0 unspecified atom stereocenters. The lowest BCUT2D eigenvalue weighted by atomic mass is 10.1. The first-order valence-electron chi connectivity index (χ1n) is 7.63. The van der Waals surface area contributed by atoms with E-state index < -0.39 is 0 Å². The van der Waals surface area contributed by atoms with Crippen molar-refractivity contribution in [1.29, 1.82) is 0 Å². The van der Waals surface area contributed by atoms with Gasteiger partial charge in [0.05, 0.1) is 6.04 Å². The van der Waals surface area contributed by atoms with Crippen molar-refractivity contribution in [3.05, 3.63) is 65.7 Å². The summed E-state index contributed by atoms with van der Waals surface area (Å²) in [5, 5.41) is 2.88. The Bertz CT molecular complexity index is 666. The van der Waals surface area contributed by atoms with E-state index in [9.17, 15) is 9.59 Å². The van der Waals surface area contributed by atoms with Crippen molar-refractivity contribution in [2.45, 2.75) is 26.4 Å². The zero-order valence-electron chi connectivity index (χ0n) is 13.7. The van der Waals surface area contributed by atoms with E-state index in [1.165, 1.54) is 12.5 Å². The molecule has 0 spiro atoms. The van der Waals surface area contributed by atoms with Crippen molar-refractivity contribution >= 4 is 17.4 Å². The number of hydrogen-bond acceptors (Lipinski definition) is 3. The van der Waals surface area contributed by atoms with E-state index in [1.807, 2.05) is 49.2 Å². The minimum Gasteiger partial charge on any atom is -0.325 e. The second-order valence-electron chi connectivity index (χ2n) is 5.70. The van der Waals surface area contributed by atoms with Gasteiger partial charge in [0.15, 0.2) is 5.78 Å². The minimum absolute atomic E-state index is 0.0128. The molecular formula is C19H22N2O2. The number of Topliss-reactive ketones (excluding diaryl/α,β-unsaturated/α-hetero) is 1. The van der Waals surface area contributed by atoms with Crippen molar-refractivity contribution in [1.82, 2.24) is 4.90 Å². The lowest BCUT2D eigenvalue weighted by Crippen LogP contribution is -2.39. The van der Waals surface area contributed by atoms with Crippen LogP contribution in [0.4, 0.5) is 5.69 Å². The van der Waals surface area contributed by atoms with Gasteiger partial charge in [-0.25, -0.2) is 0 Å². The molecule has 1 atom stereocenters. The van der Waals surface area contributed by atoms with E-state index in [1.54, 1.807) is 24.3 Å². The fourth-order valence-corrected chi connectivity index (χ4v) is 2.24. The van der Waals surface area contributed by atoms with Gasteiger partial charge in [-0.3, -0.25) is 14.5 Å². The quantitative estimate of drug-likeness (QED) is 0.832. The number of rotatable bonds is 6. The molecule has 2 rings (SSSR count). The smallest absolute Gasteiger partial charge is 0.241 e. The number of anilines is 1. The molecule has 4 heteroatoms. The Kier molecular flexibility index (Phi) is 5.66. The Labute approximate surface area is 137 Å². The van der Waals surface area contributed by atoms with Crippen molar-refractivity contribution in [3.8, 4) is 0 Å². The number of nitrogens with one attached hydrogen (secondary N) is 1. The van der Waals surface area contributed by atoms with Crippen molar-refractivity contribution < 1.29 is 9.59 Å². The first-order chi connectivity index (χ1) is 11.0. The molecule has 0 aliphatic heterocycles. The summed E-state index contributed by atoms with van der Waals surface area (Å²) in [4.78, 5) is 25.6. The highest BCUT2D eigenvalue weighted by molar-refractivity contribution is 5.96. The van der Waals surface area contributed by atoms with Crippen molar-refractivity contribution in [2.75, 3.05) is 12.4 Å². The molecule has 0 radical (unpaired) electrons. The van der Waals surface area contributed by atoms with Gasteiger partial charge in [-0.05, 0) is 50.7 Å². The Balaban J connectivity index is 1.95. The highest BCUT2D eigenvalue weighted by Crippen LogP contribution is 2.12. The van der Waals surface area contributed by atoms with Crippen LogP contribution in [-0.2, 0) is 11.3 Å². The number of carbonyl (C=O) groups is 2. The van der Waals surface area contributed by atoms with E-state index in [4.69, 9.17) is 0 Å². The zero-order valence-corrected chi connectivity index (χ0v) is 13.7. The molecule has 0 bridgehead atoms. The third-order valence-electron chi connectivity index (χ3n) is 3.87. The predicted molar refractivity (Wildman–Crippen MR) is 92.4 cm³/mol. The molecule has 1 N–H and O–H groups in total. The SMILES string of the molecule is CC(=O)c1ccc(NC(=O)[C@H](C)N(C)Cc2ccccc2)cc1. The summed E-state index contributed by atoms with van der Waals surface area (Å²) in [6.07, 6.45) is 0. The van der Waals surface area contributed by atoms with Gasteiger partial charge >= 0.3 is 0 Å². The van der Waals surface area contributed by atoms with Gasteiger partial charge in [0.1, 0.15) is 0 Å². The molecule has 0 aliphatic carbocycles. The van der Waals surface area contributed by atoms with Crippen LogP contribution in [0.3, 0.4) is 0 Å². The molecule has 0 aromatic heterocycles. The summed E-state index contributed by atoms with van der Waals surface area (Å²) in [5.41, 5.74) is 2.50. The topological polar surface area (TPSA) is 49.4 Å². The lowest BCUT2D eigenvalue weighted by molar-refractivity contribution is -0.120. The molecular weight excluding hydrogens is 288 g/mol. The number of carbonyl (C=O) groups excluding carboxylic acids is 2. The third kappa shape index (κ3) is 4.76. The summed E-state index contributed by atoms with van der Waals surface area (Å²) in [5.74, 6) is -0.0576. The number of nitrogens with zero attached hydrogens (tertiary/aromatic N) is 1. The van der Waals surface area contributed by atoms with Gasteiger partial charge < -0.3 is 5.32 Å². The Morgan fingerprint density at radius 2 is 1.65 bits per heavy atom. The summed E-state index contributed by atoms with van der Waals surface area (Å²) in [6.45, 7) is 4.11. The standard InChI is InChI=1S/C19H22N2O2/c1-14(21(3)13-16-7-5-4-6-8-16)19(23)20-18-11-9-17(10-12-18)15(2)22/h4-12,14H,13H2,1-3H3,(H,20,23)/t14-/m0/s1. The molecule has 4 nitrogen and oxygen atoms in total. The number of benzene rings is 2. The maximum absolute atomic E-state index is 12.3. The van der Waals surface area contributed by atoms with E-state index in [0.29, 0.717) is 17.8 Å². The van der Waals surface area contributed by atoms with Crippen LogP contribution in [0, 0.1) is 0 Å². The second-order valence-corrected chi connectivity index (χ2v) is 5.70. The summed E-state index contributed by atoms with van der Waals surface area (Å²) in [6, 6.07) is 16.7. The Morgan fingerprint density at radius 3 is 2.22 bits per heavy atom. The van der Waals surface area contributed by atoms with E-state index in [-0.39, 0.29) is 17.7 Å². The van der Waals surface area contributed by atoms with Gasteiger partial charge in [-0.1, -0.05) is 30.3 Å². The number of likely N-dealkylation sites (N-methyl/N-ethyl adjacent to an activating group) is 1. The van der Waals surface area contributed by atoms with Gasteiger partial charge in [0.2, 0.25) is 5.91 Å². The van der Waals surface area contributed by atoms with Crippen LogP contribution in [0.15, 0.2) is 54.6 Å². The van der Waals surface area contributed by atoms with Crippen LogP contribution in [0.25, 0.3) is 0 Å². The third-order valence-corrected chi connectivity index (χ3v) is 3.87. The zero-order chi connectivity index (χ0) is 16.8. The van der Waals surface area contributed by atoms with E-state index in [2.05, 4.69) is 5.32 Å². The van der Waals surface area contributed by atoms with Crippen LogP contribution < -0.4 is 5.32 Å². The molecule has 120 valence electrons. The van der Waals surface area contributed by atoms with Gasteiger partial charge in [-0.2, -0.15) is 0 Å². The summed E-state index contributed by atoms with van der Waals surface area (Å²) < 4.78 is 0. The lowest BCUT2D eigenvalue weighted by Gasteiger charge is -2.24. The molecule has 2 aromatic carbocycles. The molecule has 0 saturated carbocycles. The minimum atomic E-state index is -0.261. The first-order valence-corrected chi connectivity index (χ1v) is 7.63. The van der Waals surface area contributed by atoms with E-state index in [0.717, 1.165) is 0 Å². The number of hydrogen-bond donors (Lipinski definition) is 1. The maximum Gasteiger partial charge on any atom is 0.241 e. The Hall–Kier alpha value is -2.46. The van der Waals surface area contributed by atoms with Gasteiger partial charge in [-0.15, -0.1) is 0 Å². The maximum atomic E-state index is 12.3. The molecule has 23 heavy (non-hydrogen) atoms. The molecule has 0 fully saturated rings. The van der Waals surface area contributed by atoms with Crippen molar-refractivity contribution in [3.63, 3.8) is 0 Å². The van der Waals surface area contributed by atoms with Crippen LogP contribution >= 0.6 is 0 Å². The first kappa shape index (κ1) is 16.9. The second kappa shape index (κ2) is 7.70. The molecule has 2 aromatic rings. The highest BCUT2D eigenvalue weighted by atomic mass is 16.2. The number of ketones is 1. The fourth-order valence-electron chi connectivity index (χ4n) is 2.24. The van der Waals surface area contributed by atoms with Crippen LogP contribution in [0.2, 0.25) is 0 Å². The van der Waals surface area contributed by atoms with Crippen LogP contribution in [0.1, 0.15) is 29.8 Å². The molecule has 0 aliphatic rings. The van der Waals surface area contributed by atoms with Gasteiger partial charge in [0.25, 0.3) is 0 Å². The number of amides is 1. The fraction of sp³-hybridized carbons (Fsp3) is 0.263. The summed E-state index contributed by atoms with van der Waals surface area (Å²) in [7, 11) is 1.93. The normalized spacial score (nSPS) is 12.0. The van der Waals surface area contributed by atoms with E-state index >= 15 is 0 Å². The van der Waals surface area contributed by atoms with Crippen LogP contribution in [0.5, 0.6) is 0 Å². The van der Waals surface area contributed by atoms with Crippen LogP contribution in [-0.4, -0.2) is 29.7 Å².